The van der Waals surface area contributed by atoms with Crippen molar-refractivity contribution in [1.82, 2.24) is 15.2 Å². The van der Waals surface area contributed by atoms with Crippen LogP contribution in [0.3, 0.4) is 0 Å². The molecule has 1 aromatic carbocycles. The second-order valence-electron chi connectivity index (χ2n) is 5.41. The van der Waals surface area contributed by atoms with E-state index in [9.17, 15) is 0 Å². The summed E-state index contributed by atoms with van der Waals surface area (Å²) in [7, 11) is 0. The van der Waals surface area contributed by atoms with E-state index >= 15 is 0 Å². The van der Waals surface area contributed by atoms with Crippen LogP contribution in [0.5, 0.6) is 0 Å². The summed E-state index contributed by atoms with van der Waals surface area (Å²) < 4.78 is 0. The van der Waals surface area contributed by atoms with E-state index in [-0.39, 0.29) is 0 Å². The Hall–Kier alpha value is -1.85. The monoisotopic (exact) mass is 312 g/mol. The van der Waals surface area contributed by atoms with Gasteiger partial charge in [-0.05, 0) is 24.1 Å². The third-order valence-electron chi connectivity index (χ3n) is 3.46. The van der Waals surface area contributed by atoms with Gasteiger partial charge < -0.3 is 5.32 Å². The number of benzene rings is 1. The fraction of sp³-hybridized carbons (Fsp3) is 0.294. The Morgan fingerprint density at radius 3 is 2.86 bits per heavy atom. The van der Waals surface area contributed by atoms with E-state index in [0.717, 1.165) is 30.8 Å². The summed E-state index contributed by atoms with van der Waals surface area (Å²) in [4.78, 5) is 11.0. The zero-order chi connectivity index (χ0) is 15.2. The molecule has 0 spiro atoms. The van der Waals surface area contributed by atoms with E-state index in [1.165, 1.54) is 16.7 Å². The van der Waals surface area contributed by atoms with Gasteiger partial charge in [0.25, 0.3) is 0 Å². The maximum absolute atomic E-state index is 4.62. The summed E-state index contributed by atoms with van der Waals surface area (Å²) in [6.07, 6.45) is 3.71. The molecule has 5 heteroatoms. The Kier molecular flexibility index (Phi) is 5.08. The molecule has 0 aliphatic carbocycles. The fourth-order valence-corrected chi connectivity index (χ4v) is 3.15. The molecule has 4 nitrogen and oxygen atoms in total. The molecule has 0 fully saturated rings. The molecule has 1 aliphatic heterocycles. The maximum Gasteiger partial charge on any atom is 0.159 e. The normalized spacial score (nSPS) is 15.2. The van der Waals surface area contributed by atoms with Crippen molar-refractivity contribution >= 4 is 16.9 Å². The second-order valence-corrected chi connectivity index (χ2v) is 6.37. The number of nitrogens with one attached hydrogen (secondary N) is 1. The van der Waals surface area contributed by atoms with Gasteiger partial charge in [-0.2, -0.15) is 0 Å². The van der Waals surface area contributed by atoms with Crippen LogP contribution >= 0.6 is 11.8 Å². The van der Waals surface area contributed by atoms with E-state index in [1.54, 1.807) is 18.0 Å². The zero-order valence-corrected chi connectivity index (χ0v) is 13.5. The van der Waals surface area contributed by atoms with Gasteiger partial charge in [0.15, 0.2) is 5.17 Å². The summed E-state index contributed by atoms with van der Waals surface area (Å²) in [5.74, 6) is 0.954. The minimum Gasteiger partial charge on any atom is -0.352 e. The summed E-state index contributed by atoms with van der Waals surface area (Å²) in [5, 5.41) is 4.42. The van der Waals surface area contributed by atoms with E-state index in [0.29, 0.717) is 0 Å². The predicted octanol–water partition coefficient (Wildman–Crippen LogP) is 3.00. The molecule has 0 amide bonds. The van der Waals surface area contributed by atoms with E-state index in [1.807, 2.05) is 12.3 Å². The molecular formula is C17H20N4S. The average molecular weight is 312 g/mol. The van der Waals surface area contributed by atoms with Gasteiger partial charge in [0, 0.05) is 24.7 Å². The fourth-order valence-electron chi connectivity index (χ4n) is 2.36. The number of aromatic nitrogens is 1. The summed E-state index contributed by atoms with van der Waals surface area (Å²) >= 11 is 1.77. The molecule has 0 atom stereocenters. The quantitative estimate of drug-likeness (QED) is 0.942. The standard InChI is InChI=1S/C17H20N4S/c1-14-4-2-5-15(8-14)11-22-17-19-12-21(13-20-17)10-16-6-3-7-18-9-16/h2-9H,10-13H2,1H3,(H,19,20). The number of nitrogens with zero attached hydrogens (tertiary/aromatic N) is 3. The van der Waals surface area contributed by atoms with Crippen LogP contribution in [-0.4, -0.2) is 28.4 Å². The molecule has 1 N–H and O–H groups in total. The first-order valence-electron chi connectivity index (χ1n) is 7.37. The smallest absolute Gasteiger partial charge is 0.159 e. The van der Waals surface area contributed by atoms with Crippen molar-refractivity contribution in [3.05, 3.63) is 65.5 Å². The highest BCUT2D eigenvalue weighted by Gasteiger charge is 2.12. The molecular weight excluding hydrogens is 292 g/mol. The highest BCUT2D eigenvalue weighted by atomic mass is 32.2. The van der Waals surface area contributed by atoms with Gasteiger partial charge in [-0.25, -0.2) is 4.99 Å². The molecule has 1 aliphatic rings. The number of aliphatic imine (C=N–C) groups is 1. The minimum absolute atomic E-state index is 0.734. The van der Waals surface area contributed by atoms with Crippen LogP contribution in [0, 0.1) is 6.92 Å². The van der Waals surface area contributed by atoms with Crippen LogP contribution in [0.15, 0.2) is 53.8 Å². The van der Waals surface area contributed by atoms with Crippen LogP contribution in [0.4, 0.5) is 0 Å². The minimum atomic E-state index is 0.734. The molecule has 114 valence electrons. The Morgan fingerprint density at radius 1 is 1.23 bits per heavy atom. The van der Waals surface area contributed by atoms with Crippen molar-refractivity contribution < 1.29 is 0 Å². The molecule has 0 saturated carbocycles. The molecule has 0 saturated heterocycles. The first-order chi connectivity index (χ1) is 10.8. The van der Waals surface area contributed by atoms with E-state index < -0.39 is 0 Å². The highest BCUT2D eigenvalue weighted by Crippen LogP contribution is 2.16. The van der Waals surface area contributed by atoms with Crippen LogP contribution in [-0.2, 0) is 12.3 Å². The van der Waals surface area contributed by atoms with Gasteiger partial charge in [0.2, 0.25) is 0 Å². The molecule has 3 rings (SSSR count). The van der Waals surface area contributed by atoms with Crippen LogP contribution in [0.1, 0.15) is 16.7 Å². The molecule has 2 aromatic rings. The lowest BCUT2D eigenvalue weighted by atomic mass is 10.2. The molecule has 1 aromatic heterocycles. The lowest BCUT2D eigenvalue weighted by Crippen LogP contribution is -2.41. The van der Waals surface area contributed by atoms with Crippen molar-refractivity contribution in [2.45, 2.75) is 19.2 Å². The van der Waals surface area contributed by atoms with E-state index in [2.05, 4.69) is 57.4 Å². The largest absolute Gasteiger partial charge is 0.352 e. The van der Waals surface area contributed by atoms with E-state index in [4.69, 9.17) is 0 Å². The van der Waals surface area contributed by atoms with Crippen LogP contribution in [0.25, 0.3) is 0 Å². The van der Waals surface area contributed by atoms with Crippen molar-refractivity contribution in [2.75, 3.05) is 13.3 Å². The molecule has 0 bridgehead atoms. The van der Waals surface area contributed by atoms with Crippen molar-refractivity contribution in [1.29, 1.82) is 0 Å². The molecule has 22 heavy (non-hydrogen) atoms. The van der Waals surface area contributed by atoms with Crippen molar-refractivity contribution in [2.24, 2.45) is 4.99 Å². The van der Waals surface area contributed by atoms with Gasteiger partial charge in [0.05, 0.1) is 13.3 Å². The lowest BCUT2D eigenvalue weighted by Gasteiger charge is -2.26. The first kappa shape index (κ1) is 15.1. The third-order valence-corrected chi connectivity index (χ3v) is 4.48. The molecule has 0 radical (unpaired) electrons. The predicted molar refractivity (Wildman–Crippen MR) is 92.6 cm³/mol. The number of hydrogen-bond acceptors (Lipinski definition) is 5. The Balaban J connectivity index is 1.49. The Bertz CT molecular complexity index is 642. The zero-order valence-electron chi connectivity index (χ0n) is 12.7. The van der Waals surface area contributed by atoms with Crippen molar-refractivity contribution in [3.63, 3.8) is 0 Å². The van der Waals surface area contributed by atoms with Gasteiger partial charge in [-0.3, -0.25) is 9.88 Å². The first-order valence-corrected chi connectivity index (χ1v) is 8.36. The van der Waals surface area contributed by atoms with Crippen LogP contribution in [0.2, 0.25) is 0 Å². The average Bonchev–Trinajstić information content (AvgIpc) is 2.55. The molecule has 0 unspecified atom stereocenters. The number of pyridine rings is 1. The lowest BCUT2D eigenvalue weighted by molar-refractivity contribution is 0.258. The van der Waals surface area contributed by atoms with Gasteiger partial charge in [-0.1, -0.05) is 47.7 Å². The van der Waals surface area contributed by atoms with Crippen LogP contribution < -0.4 is 5.32 Å². The summed E-state index contributed by atoms with van der Waals surface area (Å²) in [6.45, 7) is 4.56. The van der Waals surface area contributed by atoms with Gasteiger partial charge >= 0.3 is 0 Å². The number of aryl methyl sites for hydroxylation is 1. The second kappa shape index (κ2) is 7.42. The molecule has 2 heterocycles. The SMILES string of the molecule is Cc1cccc(CSC2=NCN(Cc3cccnc3)CN2)c1. The third kappa shape index (κ3) is 4.32. The number of hydrogen-bond donors (Lipinski definition) is 1. The Labute approximate surface area is 135 Å². The van der Waals surface area contributed by atoms with Gasteiger partial charge in [-0.15, -0.1) is 0 Å². The highest BCUT2D eigenvalue weighted by molar-refractivity contribution is 8.13. The Morgan fingerprint density at radius 2 is 2.14 bits per heavy atom. The number of amidine groups is 1. The topological polar surface area (TPSA) is 40.5 Å². The van der Waals surface area contributed by atoms with Crippen molar-refractivity contribution in [3.8, 4) is 0 Å². The van der Waals surface area contributed by atoms with Gasteiger partial charge in [0.1, 0.15) is 0 Å². The summed E-state index contributed by atoms with van der Waals surface area (Å²) in [5.41, 5.74) is 3.86. The number of thioether (sulfide) groups is 1. The number of rotatable bonds is 4. The maximum atomic E-state index is 4.62. The summed E-state index contributed by atoms with van der Waals surface area (Å²) in [6, 6.07) is 12.7.